The molecule has 1 aromatic heterocycles. The number of aliphatic hydroxyl groups excluding tert-OH is 1. The van der Waals surface area contributed by atoms with Crippen LogP contribution in [0.4, 0.5) is 28.9 Å². The molecule has 0 radical (unpaired) electrons. The number of anilines is 2. The molecule has 2 heterocycles. The summed E-state index contributed by atoms with van der Waals surface area (Å²) in [6, 6.07) is 3.21. The Morgan fingerprint density at radius 2 is 1.73 bits per heavy atom. The minimum Gasteiger partial charge on any atom is -0.378 e. The van der Waals surface area contributed by atoms with Gasteiger partial charge in [-0.25, -0.2) is 4.39 Å². The maximum Gasteiger partial charge on any atom is 0.401 e. The topological polar surface area (TPSA) is 121 Å². The van der Waals surface area contributed by atoms with Crippen molar-refractivity contribution in [3.8, 4) is 0 Å². The molecule has 10 nitrogen and oxygen atoms in total. The van der Waals surface area contributed by atoms with Crippen LogP contribution in [-0.4, -0.2) is 78.0 Å². The van der Waals surface area contributed by atoms with Gasteiger partial charge in [-0.3, -0.25) is 19.6 Å². The molecule has 2 saturated carbocycles. The van der Waals surface area contributed by atoms with Crippen molar-refractivity contribution in [3.63, 3.8) is 0 Å². The average Bonchev–Trinajstić information content (AvgIpc) is 3.95. The first kappa shape index (κ1) is 33.1. The number of carbonyl (C=O) groups excluding carboxylic acids is 2. The number of rotatable bonds is 13. The van der Waals surface area contributed by atoms with Gasteiger partial charge in [0.15, 0.2) is 0 Å². The predicted molar refractivity (Wildman–Crippen MR) is 159 cm³/mol. The van der Waals surface area contributed by atoms with Crippen molar-refractivity contribution >= 4 is 23.2 Å². The summed E-state index contributed by atoms with van der Waals surface area (Å²) in [5.74, 6) is -2.23. The number of carbonyl (C=O) groups is 2. The molecular formula is C31H42F4N6O4. The highest BCUT2D eigenvalue weighted by molar-refractivity contribution is 6.01. The third kappa shape index (κ3) is 8.14. The van der Waals surface area contributed by atoms with Gasteiger partial charge < -0.3 is 25.4 Å². The number of ether oxygens (including phenoxy) is 1. The van der Waals surface area contributed by atoms with Crippen molar-refractivity contribution in [1.29, 1.82) is 0 Å². The molecule has 2 amide bonds. The summed E-state index contributed by atoms with van der Waals surface area (Å²) >= 11 is 0. The number of hydrogen-bond acceptors (Lipinski definition) is 7. The van der Waals surface area contributed by atoms with E-state index in [-0.39, 0.29) is 35.0 Å². The second-order valence-corrected chi connectivity index (χ2v) is 12.7. The largest absolute Gasteiger partial charge is 0.401 e. The molecule has 1 aromatic carbocycles. The van der Waals surface area contributed by atoms with E-state index in [4.69, 9.17) is 4.74 Å². The van der Waals surface area contributed by atoms with Gasteiger partial charge in [-0.1, -0.05) is 6.92 Å². The third-order valence-electron chi connectivity index (χ3n) is 8.88. The summed E-state index contributed by atoms with van der Waals surface area (Å²) in [5, 5.41) is 22.5. The van der Waals surface area contributed by atoms with Gasteiger partial charge in [0.1, 0.15) is 23.8 Å². The lowest BCUT2D eigenvalue weighted by Crippen LogP contribution is -2.50. The highest BCUT2D eigenvalue weighted by Crippen LogP contribution is 2.51. The Hall–Kier alpha value is -3.23. The normalized spacial score (nSPS) is 19.5. The summed E-state index contributed by atoms with van der Waals surface area (Å²) in [7, 11) is 0. The van der Waals surface area contributed by atoms with Crippen LogP contribution in [0.1, 0.15) is 74.5 Å². The van der Waals surface area contributed by atoms with E-state index in [0.29, 0.717) is 37.7 Å². The van der Waals surface area contributed by atoms with E-state index in [1.54, 1.807) is 10.7 Å². The molecular weight excluding hydrogens is 596 g/mol. The lowest BCUT2D eigenvalue weighted by molar-refractivity contribution is -0.131. The van der Waals surface area contributed by atoms with Crippen LogP contribution in [0.15, 0.2) is 24.4 Å². The van der Waals surface area contributed by atoms with Gasteiger partial charge in [-0.15, -0.1) is 0 Å². The van der Waals surface area contributed by atoms with Crippen LogP contribution in [0.5, 0.6) is 0 Å². The van der Waals surface area contributed by atoms with Crippen LogP contribution < -0.4 is 20.9 Å². The molecule has 2 aromatic rings. The fourth-order valence-corrected chi connectivity index (χ4v) is 6.24. The van der Waals surface area contributed by atoms with E-state index in [1.807, 2.05) is 18.7 Å². The maximum absolute atomic E-state index is 15.8. The highest BCUT2D eigenvalue weighted by atomic mass is 19.4. The Bertz CT molecular complexity index is 1340. The van der Waals surface area contributed by atoms with E-state index in [2.05, 4.69) is 21.0 Å². The number of aromatic nitrogens is 2. The summed E-state index contributed by atoms with van der Waals surface area (Å²) in [6.07, 6.45) is -0.788. The maximum atomic E-state index is 15.8. The smallest absolute Gasteiger partial charge is 0.378 e. The zero-order chi connectivity index (χ0) is 32.5. The zero-order valence-electron chi connectivity index (χ0n) is 25.7. The Labute approximate surface area is 259 Å². The molecule has 4 N–H and O–H groups in total. The second kappa shape index (κ2) is 13.6. The molecule has 3 fully saturated rings. The van der Waals surface area contributed by atoms with Crippen LogP contribution in [0.2, 0.25) is 0 Å². The van der Waals surface area contributed by atoms with Crippen molar-refractivity contribution < 1.29 is 37.0 Å². The Morgan fingerprint density at radius 3 is 2.31 bits per heavy atom. The summed E-state index contributed by atoms with van der Waals surface area (Å²) in [4.78, 5) is 29.3. The van der Waals surface area contributed by atoms with Gasteiger partial charge in [0, 0.05) is 36.9 Å². The van der Waals surface area contributed by atoms with E-state index in [0.717, 1.165) is 31.7 Å². The first-order valence-electron chi connectivity index (χ1n) is 15.6. The predicted octanol–water partition coefficient (Wildman–Crippen LogP) is 4.19. The van der Waals surface area contributed by atoms with Crippen molar-refractivity contribution in [1.82, 2.24) is 20.4 Å². The molecule has 0 bridgehead atoms. The number of aliphatic hydroxyl groups is 1. The lowest BCUT2D eigenvalue weighted by Gasteiger charge is -2.34. The average molecular weight is 639 g/mol. The van der Waals surface area contributed by atoms with Crippen molar-refractivity contribution in [3.05, 3.63) is 41.5 Å². The third-order valence-corrected chi connectivity index (χ3v) is 8.88. The number of nitrogens with one attached hydrogen (secondary N) is 3. The first-order valence-corrected chi connectivity index (χ1v) is 15.6. The van der Waals surface area contributed by atoms with Gasteiger partial charge in [-0.2, -0.15) is 18.3 Å². The SMILES string of the molecule is CC(c1cc(F)c(NC(=O)[C@@H](NC(=O)c2ccnn2C(C)C)C(C2CC2)C2CC2)cc1N1CCOCC1)C(O)NCC(F)(F)F. The fraction of sp³-hybridized carbons (Fsp3) is 0.645. The number of morpholine rings is 1. The molecule has 248 valence electrons. The number of nitrogens with zero attached hydrogens (tertiary/aromatic N) is 3. The first-order chi connectivity index (χ1) is 21.3. The van der Waals surface area contributed by atoms with Crippen molar-refractivity contribution in [2.24, 2.45) is 17.8 Å². The van der Waals surface area contributed by atoms with Gasteiger partial charge in [-0.05, 0) is 81.0 Å². The van der Waals surface area contributed by atoms with E-state index < -0.39 is 48.5 Å². The molecule has 3 aliphatic rings. The summed E-state index contributed by atoms with van der Waals surface area (Å²) < 4.78 is 61.2. The van der Waals surface area contributed by atoms with E-state index in [9.17, 15) is 27.9 Å². The van der Waals surface area contributed by atoms with Gasteiger partial charge in [0.05, 0.1) is 25.4 Å². The molecule has 3 atom stereocenters. The lowest BCUT2D eigenvalue weighted by atomic mass is 9.88. The zero-order valence-corrected chi connectivity index (χ0v) is 25.7. The number of alkyl halides is 3. The number of halogens is 4. The Kier molecular flexibility index (Phi) is 10.0. The van der Waals surface area contributed by atoms with Crippen LogP contribution in [-0.2, 0) is 9.53 Å². The minimum atomic E-state index is -4.54. The fourth-order valence-electron chi connectivity index (χ4n) is 6.24. The standard InChI is InChI=1S/C31H42F4N6O4/c1-17(2)41-24(8-9-37-41)29(43)39-27(26(19-4-5-19)20-6-7-20)30(44)38-23-15-25(40-10-12-45-13-11-40)21(14-22(23)32)18(3)28(42)36-16-31(33,34)35/h8-9,14-15,17-20,26-28,36,42H,4-7,10-13,16H2,1-3H3,(H,38,44)(H,39,43)/t18?,27-,28?/m0/s1. The van der Waals surface area contributed by atoms with Crippen LogP contribution >= 0.6 is 0 Å². The van der Waals surface area contributed by atoms with Crippen LogP contribution in [0.25, 0.3) is 0 Å². The Morgan fingerprint density at radius 1 is 1.09 bits per heavy atom. The molecule has 2 aliphatic carbocycles. The molecule has 2 unspecified atom stereocenters. The van der Waals surface area contributed by atoms with Gasteiger partial charge in [0.2, 0.25) is 5.91 Å². The highest BCUT2D eigenvalue weighted by Gasteiger charge is 2.48. The van der Waals surface area contributed by atoms with Gasteiger partial charge in [0.25, 0.3) is 5.91 Å². The molecule has 1 saturated heterocycles. The van der Waals surface area contributed by atoms with Crippen molar-refractivity contribution in [2.45, 2.75) is 76.9 Å². The second-order valence-electron chi connectivity index (χ2n) is 12.7. The summed E-state index contributed by atoms with van der Waals surface area (Å²) in [6.45, 7) is 5.52. The summed E-state index contributed by atoms with van der Waals surface area (Å²) in [5.41, 5.74) is 0.963. The Balaban J connectivity index is 1.43. The van der Waals surface area contributed by atoms with Crippen LogP contribution in [0, 0.1) is 23.6 Å². The molecule has 1 aliphatic heterocycles. The number of hydrogen-bond donors (Lipinski definition) is 4. The molecule has 0 spiro atoms. The van der Waals surface area contributed by atoms with E-state index in [1.165, 1.54) is 19.2 Å². The number of amides is 2. The molecule has 14 heteroatoms. The number of benzene rings is 1. The molecule has 5 rings (SSSR count). The minimum absolute atomic E-state index is 0.0773. The monoisotopic (exact) mass is 638 g/mol. The molecule has 45 heavy (non-hydrogen) atoms. The van der Waals surface area contributed by atoms with Gasteiger partial charge >= 0.3 is 6.18 Å². The quantitative estimate of drug-likeness (QED) is 0.192. The van der Waals surface area contributed by atoms with Crippen LogP contribution in [0.3, 0.4) is 0 Å². The van der Waals surface area contributed by atoms with Crippen molar-refractivity contribution in [2.75, 3.05) is 43.1 Å². The van der Waals surface area contributed by atoms with E-state index >= 15 is 4.39 Å².